The number of rotatable bonds is 2. The normalized spacial score (nSPS) is 12.1. The monoisotopic (exact) mass is 260 g/mol. The highest BCUT2D eigenvalue weighted by atomic mass is 19.4. The molecule has 0 radical (unpaired) electrons. The molecular formula is C10H11F3N4O. The van der Waals surface area contributed by atoms with Crippen LogP contribution >= 0.6 is 0 Å². The van der Waals surface area contributed by atoms with Crippen LogP contribution in [0.4, 0.5) is 13.2 Å². The first-order valence-electron chi connectivity index (χ1n) is 5.25. The molecule has 0 aliphatic heterocycles. The van der Waals surface area contributed by atoms with Gasteiger partial charge in [0.25, 0.3) is 0 Å². The summed E-state index contributed by atoms with van der Waals surface area (Å²) in [7, 11) is 0. The van der Waals surface area contributed by atoms with E-state index in [1.54, 1.807) is 6.92 Å². The van der Waals surface area contributed by atoms with E-state index in [9.17, 15) is 18.3 Å². The number of hydrogen-bond acceptors (Lipinski definition) is 3. The first-order chi connectivity index (χ1) is 8.34. The molecule has 2 aromatic heterocycles. The van der Waals surface area contributed by atoms with Crippen molar-refractivity contribution in [2.24, 2.45) is 0 Å². The molecule has 0 atom stereocenters. The molecule has 18 heavy (non-hydrogen) atoms. The molecule has 0 saturated carbocycles. The number of aryl methyl sites for hydroxylation is 2. The summed E-state index contributed by atoms with van der Waals surface area (Å²) in [6.45, 7) is 3.26. The maximum absolute atomic E-state index is 12.5. The zero-order valence-electron chi connectivity index (χ0n) is 9.71. The highest BCUT2D eigenvalue weighted by Crippen LogP contribution is 2.31. The van der Waals surface area contributed by atoms with Gasteiger partial charge in [0, 0.05) is 5.69 Å². The van der Waals surface area contributed by atoms with E-state index in [4.69, 9.17) is 0 Å². The molecule has 2 N–H and O–H groups in total. The summed E-state index contributed by atoms with van der Waals surface area (Å²) in [5, 5.41) is 19.2. The molecule has 2 rings (SSSR count). The predicted molar refractivity (Wildman–Crippen MR) is 56.5 cm³/mol. The third-order valence-corrected chi connectivity index (χ3v) is 2.52. The van der Waals surface area contributed by atoms with Crippen molar-refractivity contribution in [3.8, 4) is 11.6 Å². The minimum Gasteiger partial charge on any atom is -0.492 e. The number of hydrogen-bond donors (Lipinski definition) is 2. The van der Waals surface area contributed by atoms with Crippen molar-refractivity contribution < 1.29 is 18.3 Å². The molecule has 0 aliphatic carbocycles. The molecule has 0 aromatic carbocycles. The minimum absolute atomic E-state index is 0.158. The average Bonchev–Trinajstić information content (AvgIpc) is 2.81. The lowest BCUT2D eigenvalue weighted by Crippen LogP contribution is -2.08. The lowest BCUT2D eigenvalue weighted by atomic mass is 10.3. The molecule has 8 heteroatoms. The Morgan fingerprint density at radius 1 is 1.44 bits per heavy atom. The van der Waals surface area contributed by atoms with Crippen LogP contribution < -0.4 is 0 Å². The Morgan fingerprint density at radius 2 is 2.11 bits per heavy atom. The van der Waals surface area contributed by atoms with Gasteiger partial charge < -0.3 is 5.11 Å². The second kappa shape index (κ2) is 4.04. The van der Waals surface area contributed by atoms with Gasteiger partial charge in [0.2, 0.25) is 5.88 Å². The Hall–Kier alpha value is -1.99. The Labute approximate surface area is 100 Å². The fourth-order valence-corrected chi connectivity index (χ4v) is 1.67. The van der Waals surface area contributed by atoms with E-state index < -0.39 is 11.9 Å². The van der Waals surface area contributed by atoms with E-state index in [0.29, 0.717) is 12.1 Å². The summed E-state index contributed by atoms with van der Waals surface area (Å²) in [6.07, 6.45) is -4.05. The van der Waals surface area contributed by atoms with Crippen molar-refractivity contribution in [3.63, 3.8) is 0 Å². The molecule has 0 spiro atoms. The molecule has 98 valence electrons. The first kappa shape index (κ1) is 12.5. The SMILES string of the molecule is CCc1n[nH]c(O)c1-n1nc(C(F)(F)F)cc1C. The summed E-state index contributed by atoms with van der Waals surface area (Å²) >= 11 is 0. The summed E-state index contributed by atoms with van der Waals surface area (Å²) in [6, 6.07) is 0.922. The van der Waals surface area contributed by atoms with E-state index >= 15 is 0 Å². The number of aromatic nitrogens is 4. The Morgan fingerprint density at radius 3 is 2.61 bits per heavy atom. The van der Waals surface area contributed by atoms with Crippen molar-refractivity contribution in [2.45, 2.75) is 26.4 Å². The number of H-pyrrole nitrogens is 1. The summed E-state index contributed by atoms with van der Waals surface area (Å²) < 4.78 is 38.7. The van der Waals surface area contributed by atoms with Gasteiger partial charge in [-0.2, -0.15) is 23.4 Å². The number of aromatic hydroxyl groups is 1. The number of alkyl halides is 3. The van der Waals surface area contributed by atoms with Crippen molar-refractivity contribution in [1.29, 1.82) is 0 Å². The Kier molecular flexibility index (Phi) is 2.80. The number of aromatic amines is 1. The highest BCUT2D eigenvalue weighted by molar-refractivity contribution is 5.46. The van der Waals surface area contributed by atoms with Gasteiger partial charge in [0.1, 0.15) is 5.69 Å². The van der Waals surface area contributed by atoms with Crippen LogP contribution in [0.2, 0.25) is 0 Å². The quantitative estimate of drug-likeness (QED) is 0.869. The van der Waals surface area contributed by atoms with Gasteiger partial charge in [-0.05, 0) is 19.4 Å². The molecule has 2 heterocycles. The van der Waals surface area contributed by atoms with Crippen molar-refractivity contribution in [2.75, 3.05) is 0 Å². The molecule has 0 unspecified atom stereocenters. The molecule has 0 fully saturated rings. The Bertz CT molecular complexity index is 570. The highest BCUT2D eigenvalue weighted by Gasteiger charge is 2.35. The van der Waals surface area contributed by atoms with E-state index in [1.165, 1.54) is 6.92 Å². The smallest absolute Gasteiger partial charge is 0.435 e. The second-order valence-corrected chi connectivity index (χ2v) is 3.80. The third-order valence-electron chi connectivity index (χ3n) is 2.52. The molecule has 2 aromatic rings. The summed E-state index contributed by atoms with van der Waals surface area (Å²) in [5.74, 6) is -0.299. The molecule has 0 amide bonds. The van der Waals surface area contributed by atoms with Crippen LogP contribution in [0.25, 0.3) is 5.69 Å². The fourth-order valence-electron chi connectivity index (χ4n) is 1.67. The minimum atomic E-state index is -4.51. The first-order valence-corrected chi connectivity index (χ1v) is 5.25. The van der Waals surface area contributed by atoms with E-state index in [-0.39, 0.29) is 17.3 Å². The lowest BCUT2D eigenvalue weighted by molar-refractivity contribution is -0.141. The van der Waals surface area contributed by atoms with Crippen LogP contribution in [0.15, 0.2) is 6.07 Å². The molecule has 5 nitrogen and oxygen atoms in total. The van der Waals surface area contributed by atoms with Crippen LogP contribution in [-0.2, 0) is 12.6 Å². The van der Waals surface area contributed by atoms with Gasteiger partial charge in [-0.25, -0.2) is 9.78 Å². The predicted octanol–water partition coefficient (Wildman–Crippen LogP) is 2.19. The molecule has 0 saturated heterocycles. The number of halogens is 3. The maximum atomic E-state index is 12.5. The number of nitrogens with one attached hydrogen (secondary N) is 1. The average molecular weight is 260 g/mol. The van der Waals surface area contributed by atoms with Crippen LogP contribution in [0.3, 0.4) is 0 Å². The summed E-state index contributed by atoms with van der Waals surface area (Å²) in [5.41, 5.74) is -0.116. The third kappa shape index (κ3) is 1.93. The van der Waals surface area contributed by atoms with E-state index in [2.05, 4.69) is 15.3 Å². The van der Waals surface area contributed by atoms with Gasteiger partial charge in [-0.15, -0.1) is 0 Å². The van der Waals surface area contributed by atoms with E-state index in [0.717, 1.165) is 10.7 Å². The largest absolute Gasteiger partial charge is 0.492 e. The molecular weight excluding hydrogens is 249 g/mol. The van der Waals surface area contributed by atoms with Gasteiger partial charge in [-0.3, -0.25) is 0 Å². The van der Waals surface area contributed by atoms with Gasteiger partial charge in [0.15, 0.2) is 5.69 Å². The molecule has 0 aliphatic rings. The van der Waals surface area contributed by atoms with Crippen LogP contribution in [0.1, 0.15) is 24.0 Å². The van der Waals surface area contributed by atoms with Crippen LogP contribution in [0.5, 0.6) is 5.88 Å². The molecule has 0 bridgehead atoms. The van der Waals surface area contributed by atoms with Crippen molar-refractivity contribution >= 4 is 0 Å². The topological polar surface area (TPSA) is 66.7 Å². The zero-order valence-corrected chi connectivity index (χ0v) is 9.71. The van der Waals surface area contributed by atoms with E-state index in [1.807, 2.05) is 0 Å². The van der Waals surface area contributed by atoms with Crippen LogP contribution in [-0.4, -0.2) is 25.1 Å². The van der Waals surface area contributed by atoms with Gasteiger partial charge in [0.05, 0.1) is 5.69 Å². The number of nitrogens with zero attached hydrogens (tertiary/aromatic N) is 3. The van der Waals surface area contributed by atoms with Crippen LogP contribution in [0, 0.1) is 6.92 Å². The van der Waals surface area contributed by atoms with Gasteiger partial charge >= 0.3 is 6.18 Å². The van der Waals surface area contributed by atoms with Gasteiger partial charge in [-0.1, -0.05) is 6.92 Å². The van der Waals surface area contributed by atoms with Crippen molar-refractivity contribution in [1.82, 2.24) is 20.0 Å². The fraction of sp³-hybridized carbons (Fsp3) is 0.400. The zero-order chi connectivity index (χ0) is 13.5. The Balaban J connectivity index is 2.58. The maximum Gasteiger partial charge on any atom is 0.435 e. The second-order valence-electron chi connectivity index (χ2n) is 3.80. The standard InChI is InChI=1S/C10H11F3N4O/c1-3-6-8(9(18)15-14-6)17-5(2)4-7(16-17)10(11,12)13/h4H,3H2,1-2H3,(H2,14,15,18). The summed E-state index contributed by atoms with van der Waals surface area (Å²) in [4.78, 5) is 0. The van der Waals surface area contributed by atoms with Crippen molar-refractivity contribution in [3.05, 3.63) is 23.1 Å². The lowest BCUT2D eigenvalue weighted by Gasteiger charge is -2.04.